The summed E-state index contributed by atoms with van der Waals surface area (Å²) in [5, 5.41) is 1.27. The summed E-state index contributed by atoms with van der Waals surface area (Å²) >= 11 is 1.38. The molecule has 0 bridgehead atoms. The van der Waals surface area contributed by atoms with E-state index in [-0.39, 0.29) is 11.5 Å². The number of rotatable bonds is 6. The van der Waals surface area contributed by atoms with Gasteiger partial charge in [0.2, 0.25) is 5.91 Å². The molecule has 3 rings (SSSR count). The fourth-order valence-corrected chi connectivity index (χ4v) is 4.69. The molecule has 1 saturated carbocycles. The van der Waals surface area contributed by atoms with Gasteiger partial charge in [0.05, 0.1) is 16.7 Å². The van der Waals surface area contributed by atoms with Crippen LogP contribution in [0, 0.1) is 5.92 Å². The number of thioether (sulfide) groups is 1. The van der Waals surface area contributed by atoms with Gasteiger partial charge in [-0.05, 0) is 50.2 Å². The van der Waals surface area contributed by atoms with Gasteiger partial charge in [0.25, 0.3) is 5.56 Å². The van der Waals surface area contributed by atoms with Crippen molar-refractivity contribution in [2.75, 3.05) is 12.8 Å². The van der Waals surface area contributed by atoms with Gasteiger partial charge in [-0.25, -0.2) is 4.98 Å². The topological polar surface area (TPSA) is 55.2 Å². The van der Waals surface area contributed by atoms with Crippen molar-refractivity contribution >= 4 is 28.6 Å². The summed E-state index contributed by atoms with van der Waals surface area (Å²) in [6.07, 6.45) is 5.41. The molecule has 0 unspecified atom stereocenters. The minimum absolute atomic E-state index is 0.0213. The van der Waals surface area contributed by atoms with Gasteiger partial charge < -0.3 is 4.90 Å². The lowest BCUT2D eigenvalue weighted by Crippen LogP contribution is -2.40. The van der Waals surface area contributed by atoms with Crippen molar-refractivity contribution in [2.45, 2.75) is 63.7 Å². The van der Waals surface area contributed by atoms with Crippen molar-refractivity contribution in [3.05, 3.63) is 34.6 Å². The van der Waals surface area contributed by atoms with Crippen molar-refractivity contribution in [1.29, 1.82) is 0 Å². The second kappa shape index (κ2) is 8.91. The molecule has 1 amide bonds. The highest BCUT2D eigenvalue weighted by Gasteiger charge is 2.25. The van der Waals surface area contributed by atoms with Crippen LogP contribution in [0.1, 0.15) is 46.0 Å². The van der Waals surface area contributed by atoms with E-state index in [2.05, 4.69) is 11.9 Å². The maximum Gasteiger partial charge on any atom is 0.262 e. The van der Waals surface area contributed by atoms with E-state index in [4.69, 9.17) is 0 Å². The van der Waals surface area contributed by atoms with Gasteiger partial charge in [0.15, 0.2) is 5.16 Å². The van der Waals surface area contributed by atoms with Crippen molar-refractivity contribution in [2.24, 2.45) is 5.92 Å². The predicted molar refractivity (Wildman–Crippen MR) is 111 cm³/mol. The monoisotopic (exact) mass is 387 g/mol. The summed E-state index contributed by atoms with van der Waals surface area (Å²) in [4.78, 5) is 32.1. The van der Waals surface area contributed by atoms with E-state index >= 15 is 0 Å². The quantitative estimate of drug-likeness (QED) is 0.557. The average molecular weight is 388 g/mol. The SMILES string of the molecule is CCCn1c(SCC(=O)N(C)C2CCC(C)CC2)nc2ccccc2c1=O. The van der Waals surface area contributed by atoms with Gasteiger partial charge >= 0.3 is 0 Å². The van der Waals surface area contributed by atoms with Crippen LogP contribution >= 0.6 is 11.8 Å². The lowest BCUT2D eigenvalue weighted by atomic mass is 9.87. The molecular formula is C21H29N3O2S. The molecule has 27 heavy (non-hydrogen) atoms. The Morgan fingerprint density at radius 3 is 2.67 bits per heavy atom. The molecule has 1 aromatic heterocycles. The number of aromatic nitrogens is 2. The number of amides is 1. The van der Waals surface area contributed by atoms with E-state index < -0.39 is 0 Å². The minimum atomic E-state index is -0.0213. The molecule has 6 heteroatoms. The van der Waals surface area contributed by atoms with Gasteiger partial charge in [-0.1, -0.05) is 37.7 Å². The van der Waals surface area contributed by atoms with Crippen LogP contribution in [0.5, 0.6) is 0 Å². The van der Waals surface area contributed by atoms with Crippen molar-refractivity contribution in [3.63, 3.8) is 0 Å². The Kier molecular flexibility index (Phi) is 6.58. The van der Waals surface area contributed by atoms with E-state index in [1.165, 1.54) is 24.6 Å². The number of fused-ring (bicyclic) bond motifs is 1. The van der Waals surface area contributed by atoms with Crippen LogP contribution in [-0.2, 0) is 11.3 Å². The summed E-state index contributed by atoms with van der Waals surface area (Å²) in [7, 11) is 1.91. The highest BCUT2D eigenvalue weighted by atomic mass is 32.2. The highest BCUT2D eigenvalue weighted by molar-refractivity contribution is 7.99. The first kappa shape index (κ1) is 19.9. The minimum Gasteiger partial charge on any atom is -0.342 e. The molecule has 1 fully saturated rings. The molecule has 1 aliphatic carbocycles. The molecule has 2 aromatic rings. The number of nitrogens with zero attached hydrogens (tertiary/aromatic N) is 3. The highest BCUT2D eigenvalue weighted by Crippen LogP contribution is 2.27. The summed E-state index contributed by atoms with van der Waals surface area (Å²) < 4.78 is 1.71. The number of carbonyl (C=O) groups is 1. The Morgan fingerprint density at radius 2 is 1.96 bits per heavy atom. The second-order valence-corrected chi connectivity index (χ2v) is 8.52. The molecule has 1 heterocycles. The molecule has 146 valence electrons. The van der Waals surface area contributed by atoms with Crippen LogP contribution in [0.4, 0.5) is 0 Å². The third-order valence-corrected chi connectivity index (χ3v) is 6.49. The number of hydrogen-bond donors (Lipinski definition) is 0. The first-order valence-electron chi connectivity index (χ1n) is 9.89. The first-order chi connectivity index (χ1) is 13.0. The third-order valence-electron chi connectivity index (χ3n) is 5.53. The Balaban J connectivity index is 1.75. The van der Waals surface area contributed by atoms with E-state index in [1.54, 1.807) is 4.57 Å². The molecule has 0 atom stereocenters. The van der Waals surface area contributed by atoms with Crippen molar-refractivity contribution in [1.82, 2.24) is 14.5 Å². The van der Waals surface area contributed by atoms with Crippen LogP contribution < -0.4 is 5.56 Å². The summed E-state index contributed by atoms with van der Waals surface area (Å²) in [5.41, 5.74) is 0.673. The predicted octanol–water partition coefficient (Wildman–Crippen LogP) is 3.94. The maximum atomic E-state index is 12.8. The number of carbonyl (C=O) groups excluding carboxylic acids is 1. The third kappa shape index (κ3) is 4.54. The second-order valence-electron chi connectivity index (χ2n) is 7.58. The van der Waals surface area contributed by atoms with Gasteiger partial charge in [-0.3, -0.25) is 14.2 Å². The molecule has 0 aliphatic heterocycles. The molecule has 0 spiro atoms. The van der Waals surface area contributed by atoms with Crippen molar-refractivity contribution in [3.8, 4) is 0 Å². The molecule has 5 nitrogen and oxygen atoms in total. The van der Waals surface area contributed by atoms with E-state index in [1.807, 2.05) is 43.1 Å². The largest absolute Gasteiger partial charge is 0.342 e. The lowest BCUT2D eigenvalue weighted by Gasteiger charge is -2.33. The van der Waals surface area contributed by atoms with Crippen LogP contribution in [0.25, 0.3) is 10.9 Å². The molecule has 1 aliphatic rings. The molecular weight excluding hydrogens is 358 g/mol. The Morgan fingerprint density at radius 1 is 1.26 bits per heavy atom. The van der Waals surface area contributed by atoms with E-state index in [0.717, 1.165) is 25.2 Å². The fourth-order valence-electron chi connectivity index (χ4n) is 3.74. The van der Waals surface area contributed by atoms with Crippen LogP contribution in [0.3, 0.4) is 0 Å². The van der Waals surface area contributed by atoms with E-state index in [0.29, 0.717) is 34.4 Å². The summed E-state index contributed by atoms with van der Waals surface area (Å²) in [6, 6.07) is 7.76. The van der Waals surface area contributed by atoms with Gasteiger partial charge in [-0.2, -0.15) is 0 Å². The molecule has 0 saturated heterocycles. The van der Waals surface area contributed by atoms with Gasteiger partial charge in [0, 0.05) is 19.6 Å². The van der Waals surface area contributed by atoms with Crippen LogP contribution in [0.15, 0.2) is 34.2 Å². The standard InChI is InChI=1S/C21H29N3O2S/c1-4-13-24-20(26)17-7-5-6-8-18(17)22-21(24)27-14-19(25)23(3)16-11-9-15(2)10-12-16/h5-8,15-16H,4,9-14H2,1-3H3. The van der Waals surface area contributed by atoms with Crippen molar-refractivity contribution < 1.29 is 4.79 Å². The number of para-hydroxylation sites is 1. The lowest BCUT2D eigenvalue weighted by molar-refractivity contribution is -0.129. The Labute approximate surface area is 165 Å². The number of benzene rings is 1. The number of hydrogen-bond acceptors (Lipinski definition) is 4. The van der Waals surface area contributed by atoms with Crippen LogP contribution in [0.2, 0.25) is 0 Å². The molecule has 0 N–H and O–H groups in total. The zero-order valence-electron chi connectivity index (χ0n) is 16.5. The maximum absolute atomic E-state index is 12.8. The normalized spacial score (nSPS) is 20.0. The fraction of sp³-hybridized carbons (Fsp3) is 0.571. The Hall–Kier alpha value is -1.82. The average Bonchev–Trinajstić information content (AvgIpc) is 2.68. The van der Waals surface area contributed by atoms with E-state index in [9.17, 15) is 9.59 Å². The Bertz CT molecular complexity index is 856. The zero-order valence-corrected chi connectivity index (χ0v) is 17.3. The summed E-state index contributed by atoms with van der Waals surface area (Å²) in [6.45, 7) is 4.94. The van der Waals surface area contributed by atoms with Crippen LogP contribution in [-0.4, -0.2) is 39.2 Å². The van der Waals surface area contributed by atoms with Gasteiger partial charge in [0.1, 0.15) is 0 Å². The molecule has 1 aromatic carbocycles. The van der Waals surface area contributed by atoms with Gasteiger partial charge in [-0.15, -0.1) is 0 Å². The summed E-state index contributed by atoms with van der Waals surface area (Å²) in [5.74, 6) is 1.20. The first-order valence-corrected chi connectivity index (χ1v) is 10.9. The smallest absolute Gasteiger partial charge is 0.262 e. The zero-order chi connectivity index (χ0) is 19.4. The molecule has 0 radical (unpaired) electrons.